The average Bonchev–Trinajstić information content (AvgIpc) is 3.29. The molecule has 0 radical (unpaired) electrons. The van der Waals surface area contributed by atoms with Gasteiger partial charge < -0.3 is 19.7 Å². The van der Waals surface area contributed by atoms with E-state index >= 15 is 0 Å². The number of amides is 2. The van der Waals surface area contributed by atoms with Crippen LogP contribution in [0.5, 0.6) is 0 Å². The molecule has 1 N–H and O–H groups in total. The molecule has 0 fully saturated rings. The van der Waals surface area contributed by atoms with E-state index in [1.54, 1.807) is 4.90 Å². The van der Waals surface area contributed by atoms with Gasteiger partial charge in [0.15, 0.2) is 0 Å². The SMILES string of the molecule is CN(C)CCNC(=O)c1nc(C(=O)N2CCc3ccccc32)n2c1CCCC2. The Hall–Kier alpha value is -2.67. The number of hydrogen-bond donors (Lipinski definition) is 1. The highest BCUT2D eigenvalue weighted by atomic mass is 16.2. The van der Waals surface area contributed by atoms with E-state index in [9.17, 15) is 9.59 Å². The van der Waals surface area contributed by atoms with Gasteiger partial charge in [-0.25, -0.2) is 4.98 Å². The second-order valence-electron chi connectivity index (χ2n) is 7.73. The molecule has 148 valence electrons. The monoisotopic (exact) mass is 381 g/mol. The van der Waals surface area contributed by atoms with E-state index in [2.05, 4.69) is 16.4 Å². The lowest BCUT2D eigenvalue weighted by atomic mass is 10.1. The van der Waals surface area contributed by atoms with Crippen molar-refractivity contribution in [3.63, 3.8) is 0 Å². The predicted octanol–water partition coefficient (Wildman–Crippen LogP) is 1.71. The molecule has 1 aromatic carbocycles. The highest BCUT2D eigenvalue weighted by Gasteiger charge is 2.32. The van der Waals surface area contributed by atoms with Crippen LogP contribution in [0.15, 0.2) is 24.3 Å². The Balaban J connectivity index is 1.62. The maximum Gasteiger partial charge on any atom is 0.294 e. The summed E-state index contributed by atoms with van der Waals surface area (Å²) >= 11 is 0. The van der Waals surface area contributed by atoms with Crippen LogP contribution in [-0.2, 0) is 19.4 Å². The van der Waals surface area contributed by atoms with E-state index in [0.29, 0.717) is 24.6 Å². The molecule has 0 spiro atoms. The lowest BCUT2D eigenvalue weighted by Gasteiger charge is -2.20. The molecule has 2 amide bonds. The van der Waals surface area contributed by atoms with Crippen molar-refractivity contribution < 1.29 is 9.59 Å². The first kappa shape index (κ1) is 18.7. The molecular formula is C21H27N5O2. The van der Waals surface area contributed by atoms with Crippen molar-refractivity contribution in [2.45, 2.75) is 32.2 Å². The standard InChI is InChI=1S/C21H27N5O2/c1-24(2)14-11-22-20(27)18-17-9-5-6-12-25(17)19(23-18)21(28)26-13-10-15-7-3-4-8-16(15)26/h3-4,7-8H,5-6,9-14H2,1-2H3,(H,22,27). The first-order valence-corrected chi connectivity index (χ1v) is 9.98. The van der Waals surface area contributed by atoms with Crippen LogP contribution < -0.4 is 10.2 Å². The molecule has 7 nitrogen and oxygen atoms in total. The Bertz CT molecular complexity index is 902. The van der Waals surface area contributed by atoms with Crippen molar-refractivity contribution in [2.75, 3.05) is 38.6 Å². The Labute approximate surface area is 165 Å². The van der Waals surface area contributed by atoms with Crippen LogP contribution in [0, 0.1) is 0 Å². The molecule has 0 bridgehead atoms. The Kier molecular flexibility index (Phi) is 5.17. The number of anilines is 1. The molecule has 28 heavy (non-hydrogen) atoms. The molecule has 4 rings (SSSR count). The van der Waals surface area contributed by atoms with Crippen molar-refractivity contribution in [1.82, 2.24) is 19.8 Å². The summed E-state index contributed by atoms with van der Waals surface area (Å²) in [5.74, 6) is 0.0953. The lowest BCUT2D eigenvalue weighted by molar-refractivity contribution is 0.0945. The van der Waals surface area contributed by atoms with Crippen LogP contribution >= 0.6 is 0 Å². The second kappa shape index (κ2) is 7.75. The Morgan fingerprint density at radius 1 is 1.14 bits per heavy atom. The highest BCUT2D eigenvalue weighted by molar-refractivity contribution is 6.06. The maximum atomic E-state index is 13.3. The summed E-state index contributed by atoms with van der Waals surface area (Å²) in [5, 5.41) is 2.94. The number of para-hydroxylation sites is 1. The summed E-state index contributed by atoms with van der Waals surface area (Å²) < 4.78 is 1.97. The molecule has 2 aliphatic heterocycles. The van der Waals surface area contributed by atoms with Gasteiger partial charge in [0, 0.05) is 31.9 Å². The molecule has 2 aromatic rings. The third-order valence-corrected chi connectivity index (χ3v) is 5.50. The van der Waals surface area contributed by atoms with Gasteiger partial charge in [0.05, 0.1) is 5.69 Å². The number of imidazole rings is 1. The van der Waals surface area contributed by atoms with Crippen molar-refractivity contribution in [2.24, 2.45) is 0 Å². The zero-order valence-electron chi connectivity index (χ0n) is 16.6. The fraction of sp³-hybridized carbons (Fsp3) is 0.476. The molecule has 7 heteroatoms. The number of carbonyl (C=O) groups is 2. The minimum Gasteiger partial charge on any atom is -0.349 e. The number of aromatic nitrogens is 2. The van der Waals surface area contributed by atoms with E-state index in [1.807, 2.05) is 41.8 Å². The zero-order chi connectivity index (χ0) is 19.7. The number of hydrogen-bond acceptors (Lipinski definition) is 4. The van der Waals surface area contributed by atoms with Gasteiger partial charge >= 0.3 is 0 Å². The minimum absolute atomic E-state index is 0.111. The fourth-order valence-electron chi connectivity index (χ4n) is 4.03. The molecule has 0 atom stereocenters. The first-order valence-electron chi connectivity index (χ1n) is 9.98. The quantitative estimate of drug-likeness (QED) is 0.856. The number of likely N-dealkylation sites (N-methyl/N-ethyl adjacent to an activating group) is 1. The van der Waals surface area contributed by atoms with Crippen LogP contribution in [-0.4, -0.2) is 60.0 Å². The summed E-state index contributed by atoms with van der Waals surface area (Å²) in [6, 6.07) is 8.00. The minimum atomic E-state index is -0.187. The third-order valence-electron chi connectivity index (χ3n) is 5.50. The molecule has 0 saturated heterocycles. The van der Waals surface area contributed by atoms with Gasteiger partial charge in [-0.05, 0) is 51.4 Å². The first-order chi connectivity index (χ1) is 13.6. The fourth-order valence-corrected chi connectivity index (χ4v) is 4.03. The van der Waals surface area contributed by atoms with Gasteiger partial charge in [-0.15, -0.1) is 0 Å². The van der Waals surface area contributed by atoms with Gasteiger partial charge in [-0.1, -0.05) is 18.2 Å². The van der Waals surface area contributed by atoms with Crippen molar-refractivity contribution in [3.05, 3.63) is 47.0 Å². The normalized spacial score (nSPS) is 15.5. The van der Waals surface area contributed by atoms with Gasteiger partial charge in [-0.2, -0.15) is 0 Å². The van der Waals surface area contributed by atoms with Crippen molar-refractivity contribution in [3.8, 4) is 0 Å². The Morgan fingerprint density at radius 3 is 2.79 bits per heavy atom. The van der Waals surface area contributed by atoms with Crippen LogP contribution in [0.4, 0.5) is 5.69 Å². The lowest BCUT2D eigenvalue weighted by Crippen LogP contribution is -2.32. The number of fused-ring (bicyclic) bond motifs is 2. The van der Waals surface area contributed by atoms with E-state index in [-0.39, 0.29) is 11.8 Å². The molecule has 3 heterocycles. The van der Waals surface area contributed by atoms with Crippen LogP contribution in [0.1, 0.15) is 45.2 Å². The predicted molar refractivity (Wildman–Crippen MR) is 108 cm³/mol. The van der Waals surface area contributed by atoms with Gasteiger partial charge in [-0.3, -0.25) is 9.59 Å². The van der Waals surface area contributed by atoms with Gasteiger partial charge in [0.25, 0.3) is 11.8 Å². The maximum absolute atomic E-state index is 13.3. The zero-order valence-corrected chi connectivity index (χ0v) is 16.6. The van der Waals surface area contributed by atoms with E-state index in [4.69, 9.17) is 0 Å². The number of rotatable bonds is 5. The van der Waals surface area contributed by atoms with E-state index < -0.39 is 0 Å². The van der Waals surface area contributed by atoms with Crippen LogP contribution in [0.25, 0.3) is 0 Å². The van der Waals surface area contributed by atoms with Crippen molar-refractivity contribution in [1.29, 1.82) is 0 Å². The van der Waals surface area contributed by atoms with Crippen LogP contribution in [0.2, 0.25) is 0 Å². The number of nitrogens with zero attached hydrogens (tertiary/aromatic N) is 4. The van der Waals surface area contributed by atoms with Crippen LogP contribution in [0.3, 0.4) is 0 Å². The summed E-state index contributed by atoms with van der Waals surface area (Å²) in [5.41, 5.74) is 3.44. The third kappa shape index (κ3) is 3.42. The highest BCUT2D eigenvalue weighted by Crippen LogP contribution is 2.30. The number of benzene rings is 1. The molecule has 0 saturated carbocycles. The molecule has 2 aliphatic rings. The molecular weight excluding hydrogens is 354 g/mol. The second-order valence-corrected chi connectivity index (χ2v) is 7.73. The van der Waals surface area contributed by atoms with Gasteiger partial charge in [0.1, 0.15) is 5.69 Å². The number of nitrogens with one attached hydrogen (secondary N) is 1. The van der Waals surface area contributed by atoms with E-state index in [0.717, 1.165) is 50.2 Å². The summed E-state index contributed by atoms with van der Waals surface area (Å²) in [4.78, 5) is 34.4. The molecule has 0 aliphatic carbocycles. The van der Waals surface area contributed by atoms with Crippen molar-refractivity contribution >= 4 is 17.5 Å². The molecule has 1 aromatic heterocycles. The Morgan fingerprint density at radius 2 is 1.96 bits per heavy atom. The van der Waals surface area contributed by atoms with E-state index in [1.165, 1.54) is 5.56 Å². The number of carbonyl (C=O) groups excluding carboxylic acids is 2. The summed E-state index contributed by atoms with van der Waals surface area (Å²) in [6.07, 6.45) is 3.66. The average molecular weight is 381 g/mol. The largest absolute Gasteiger partial charge is 0.349 e. The molecule has 0 unspecified atom stereocenters. The smallest absolute Gasteiger partial charge is 0.294 e. The summed E-state index contributed by atoms with van der Waals surface area (Å²) in [6.45, 7) is 2.72. The topological polar surface area (TPSA) is 70.5 Å². The van der Waals surface area contributed by atoms with Gasteiger partial charge in [0.2, 0.25) is 5.82 Å². The summed E-state index contributed by atoms with van der Waals surface area (Å²) in [7, 11) is 3.94.